The van der Waals surface area contributed by atoms with Crippen LogP contribution in [0.15, 0.2) is 48.5 Å². The van der Waals surface area contributed by atoms with E-state index in [0.29, 0.717) is 0 Å². The van der Waals surface area contributed by atoms with Crippen molar-refractivity contribution in [1.82, 2.24) is 4.90 Å². The van der Waals surface area contributed by atoms with E-state index in [-0.39, 0.29) is 25.4 Å². The monoisotopic (exact) mass is 439 g/mol. The number of amides is 1. The number of fused-ring (bicyclic) bond motifs is 3. The third-order valence-electron chi connectivity index (χ3n) is 5.40. The lowest BCUT2D eigenvalue weighted by Crippen LogP contribution is -2.46. The highest BCUT2D eigenvalue weighted by Crippen LogP contribution is 2.44. The van der Waals surface area contributed by atoms with Gasteiger partial charge in [0.1, 0.15) is 18.2 Å². The molecule has 0 fully saturated rings. The molecule has 3 rings (SSSR count). The summed E-state index contributed by atoms with van der Waals surface area (Å²) < 4.78 is 11.0. The lowest BCUT2D eigenvalue weighted by Gasteiger charge is -2.29. The first-order chi connectivity index (χ1) is 15.1. The van der Waals surface area contributed by atoms with Crippen LogP contribution in [-0.2, 0) is 19.1 Å². The van der Waals surface area contributed by atoms with Crippen LogP contribution in [0.3, 0.4) is 0 Å². The first-order valence-corrected chi connectivity index (χ1v) is 10.6. The van der Waals surface area contributed by atoms with Crippen molar-refractivity contribution in [2.75, 3.05) is 13.7 Å². The number of esters is 1. The summed E-state index contributed by atoms with van der Waals surface area (Å²) >= 11 is 0. The van der Waals surface area contributed by atoms with Crippen molar-refractivity contribution in [3.8, 4) is 11.1 Å². The lowest BCUT2D eigenvalue weighted by atomic mass is 9.98. The van der Waals surface area contributed by atoms with Crippen molar-refractivity contribution in [2.24, 2.45) is 0 Å². The van der Waals surface area contributed by atoms with E-state index in [1.807, 2.05) is 48.5 Å². The maximum absolute atomic E-state index is 12.8. The van der Waals surface area contributed by atoms with E-state index in [4.69, 9.17) is 14.6 Å². The summed E-state index contributed by atoms with van der Waals surface area (Å²) in [4.78, 5) is 37.6. The summed E-state index contributed by atoms with van der Waals surface area (Å²) in [6.07, 6.45) is -1.04. The number of rotatable bonds is 7. The number of carbonyl (C=O) groups is 3. The van der Waals surface area contributed by atoms with Gasteiger partial charge in [-0.15, -0.1) is 0 Å². The number of nitrogens with zero attached hydrogens (tertiary/aromatic N) is 1. The molecule has 0 radical (unpaired) electrons. The summed E-state index contributed by atoms with van der Waals surface area (Å²) in [7, 11) is 1.43. The van der Waals surface area contributed by atoms with Crippen LogP contribution < -0.4 is 0 Å². The highest BCUT2D eigenvalue weighted by Gasteiger charge is 2.34. The molecule has 7 heteroatoms. The summed E-state index contributed by atoms with van der Waals surface area (Å²) in [6, 6.07) is 14.9. The van der Waals surface area contributed by atoms with Crippen molar-refractivity contribution in [2.45, 2.75) is 51.2 Å². The van der Waals surface area contributed by atoms with Gasteiger partial charge in [0.15, 0.2) is 0 Å². The van der Waals surface area contributed by atoms with Gasteiger partial charge in [0.25, 0.3) is 0 Å². The molecule has 0 saturated heterocycles. The van der Waals surface area contributed by atoms with Crippen molar-refractivity contribution in [3.63, 3.8) is 0 Å². The van der Waals surface area contributed by atoms with Gasteiger partial charge >= 0.3 is 18.0 Å². The minimum Gasteiger partial charge on any atom is -0.481 e. The average Bonchev–Trinajstić information content (AvgIpc) is 3.04. The molecule has 0 heterocycles. The topological polar surface area (TPSA) is 93.1 Å². The zero-order valence-corrected chi connectivity index (χ0v) is 18.8. The zero-order valence-electron chi connectivity index (χ0n) is 18.8. The van der Waals surface area contributed by atoms with Crippen molar-refractivity contribution in [1.29, 1.82) is 0 Å². The molecule has 7 nitrogen and oxygen atoms in total. The molecule has 0 bridgehead atoms. The largest absolute Gasteiger partial charge is 0.481 e. The van der Waals surface area contributed by atoms with Crippen molar-refractivity contribution < 1.29 is 29.0 Å². The van der Waals surface area contributed by atoms with Crippen LogP contribution in [0, 0.1) is 0 Å². The molecular weight excluding hydrogens is 410 g/mol. The van der Waals surface area contributed by atoms with Crippen molar-refractivity contribution in [3.05, 3.63) is 59.7 Å². The third kappa shape index (κ3) is 5.28. The van der Waals surface area contributed by atoms with Crippen LogP contribution in [0.5, 0.6) is 0 Å². The Morgan fingerprint density at radius 2 is 1.53 bits per heavy atom. The highest BCUT2D eigenvalue weighted by atomic mass is 16.6. The number of benzene rings is 2. The van der Waals surface area contributed by atoms with E-state index in [1.54, 1.807) is 20.8 Å². The summed E-state index contributed by atoms with van der Waals surface area (Å²) in [5.41, 5.74) is 3.63. The Morgan fingerprint density at radius 1 is 1.00 bits per heavy atom. The predicted molar refractivity (Wildman–Crippen MR) is 119 cm³/mol. The normalized spacial score (nSPS) is 13.6. The summed E-state index contributed by atoms with van der Waals surface area (Å²) in [5.74, 6) is -1.83. The quantitative estimate of drug-likeness (QED) is 0.641. The molecule has 1 amide bonds. The molecule has 1 N–H and O–H groups in total. The van der Waals surface area contributed by atoms with Crippen LogP contribution in [-0.4, -0.2) is 53.3 Å². The van der Waals surface area contributed by atoms with Crippen molar-refractivity contribution >= 4 is 18.0 Å². The predicted octanol–water partition coefficient (Wildman–Crippen LogP) is 4.44. The van der Waals surface area contributed by atoms with Crippen LogP contribution >= 0.6 is 0 Å². The van der Waals surface area contributed by atoms with E-state index in [9.17, 15) is 14.4 Å². The Labute approximate surface area is 187 Å². The van der Waals surface area contributed by atoms with E-state index >= 15 is 0 Å². The number of ether oxygens (including phenoxy) is 2. The van der Waals surface area contributed by atoms with E-state index in [2.05, 4.69) is 0 Å². The molecule has 1 aliphatic carbocycles. The first kappa shape index (κ1) is 23.3. The lowest BCUT2D eigenvalue weighted by molar-refractivity contribution is -0.160. The Kier molecular flexibility index (Phi) is 6.87. The van der Waals surface area contributed by atoms with Crippen LogP contribution in [0.2, 0.25) is 0 Å². The van der Waals surface area contributed by atoms with Gasteiger partial charge in [-0.2, -0.15) is 0 Å². The van der Waals surface area contributed by atoms with Gasteiger partial charge in [0.05, 0.1) is 0 Å². The second-order valence-electron chi connectivity index (χ2n) is 8.90. The Bertz CT molecular complexity index is 964. The number of likely N-dealkylation sites (N-methyl/N-ethyl adjacent to an activating group) is 1. The van der Waals surface area contributed by atoms with E-state index in [1.165, 1.54) is 7.05 Å². The molecule has 0 saturated carbocycles. The maximum atomic E-state index is 12.8. The number of hydrogen-bond donors (Lipinski definition) is 1. The molecule has 0 aromatic heterocycles. The summed E-state index contributed by atoms with van der Waals surface area (Å²) in [6.45, 7) is 5.25. The summed E-state index contributed by atoms with van der Waals surface area (Å²) in [5, 5.41) is 9.04. The standard InChI is InChI=1S/C25H29NO6/c1-25(2,3)32-23(29)21(13-14-22(27)28)26(4)24(30)31-15-20-18-11-7-5-9-16(18)17-10-6-8-12-19(17)20/h5-12,20-21H,13-15H2,1-4H3,(H,27,28)/t21-/m0/s1. The van der Waals surface area contributed by atoms with Gasteiger partial charge in [0, 0.05) is 19.4 Å². The second kappa shape index (κ2) is 9.42. The zero-order chi connectivity index (χ0) is 23.5. The number of aliphatic carboxylic acids is 1. The molecule has 0 unspecified atom stereocenters. The molecular formula is C25H29NO6. The van der Waals surface area contributed by atoms with E-state index < -0.39 is 29.7 Å². The van der Waals surface area contributed by atoms with Gasteiger partial charge in [-0.25, -0.2) is 9.59 Å². The third-order valence-corrected chi connectivity index (χ3v) is 5.40. The minimum absolute atomic E-state index is 0.0645. The smallest absolute Gasteiger partial charge is 0.410 e. The van der Waals surface area contributed by atoms with Gasteiger partial charge in [-0.05, 0) is 49.4 Å². The molecule has 0 aliphatic heterocycles. The maximum Gasteiger partial charge on any atom is 0.410 e. The molecule has 32 heavy (non-hydrogen) atoms. The van der Waals surface area contributed by atoms with Crippen LogP contribution in [0.4, 0.5) is 4.79 Å². The Hall–Kier alpha value is -3.35. The Morgan fingerprint density at radius 3 is 2.03 bits per heavy atom. The second-order valence-corrected chi connectivity index (χ2v) is 8.90. The van der Waals surface area contributed by atoms with Crippen LogP contribution in [0.1, 0.15) is 50.7 Å². The number of hydrogen-bond acceptors (Lipinski definition) is 5. The molecule has 2 aromatic carbocycles. The van der Waals surface area contributed by atoms with Crippen LogP contribution in [0.25, 0.3) is 11.1 Å². The molecule has 1 atom stereocenters. The van der Waals surface area contributed by atoms with Gasteiger partial charge in [-0.1, -0.05) is 48.5 Å². The Balaban J connectivity index is 1.73. The minimum atomic E-state index is -1.06. The van der Waals surface area contributed by atoms with Gasteiger partial charge in [0.2, 0.25) is 0 Å². The number of carboxylic acid groups (broad SMARTS) is 1. The fourth-order valence-corrected chi connectivity index (χ4v) is 3.92. The molecule has 170 valence electrons. The molecule has 1 aliphatic rings. The van der Waals surface area contributed by atoms with Gasteiger partial charge in [-0.3, -0.25) is 9.69 Å². The number of carbonyl (C=O) groups excluding carboxylic acids is 2. The SMILES string of the molecule is CN(C(=O)OCC1c2ccccc2-c2ccccc21)[C@@H](CCC(=O)O)C(=O)OC(C)(C)C. The van der Waals surface area contributed by atoms with Gasteiger partial charge < -0.3 is 14.6 Å². The molecule has 2 aromatic rings. The fraction of sp³-hybridized carbons (Fsp3) is 0.400. The first-order valence-electron chi connectivity index (χ1n) is 10.6. The fourth-order valence-electron chi connectivity index (χ4n) is 3.92. The molecule has 0 spiro atoms. The highest BCUT2D eigenvalue weighted by molar-refractivity contribution is 5.83. The number of carboxylic acids is 1. The average molecular weight is 440 g/mol. The van der Waals surface area contributed by atoms with E-state index in [0.717, 1.165) is 27.2 Å².